The van der Waals surface area contributed by atoms with Crippen molar-refractivity contribution in [2.75, 3.05) is 11.3 Å². The Hall–Kier alpha value is -2.94. The van der Waals surface area contributed by atoms with Gasteiger partial charge in [-0.05, 0) is 62.7 Å². The maximum Gasteiger partial charge on any atom is 0.261 e. The van der Waals surface area contributed by atoms with Gasteiger partial charge in [-0.2, -0.15) is 0 Å². The molecule has 0 bridgehead atoms. The van der Waals surface area contributed by atoms with Gasteiger partial charge in [0.15, 0.2) is 0 Å². The molecule has 29 heavy (non-hydrogen) atoms. The van der Waals surface area contributed by atoms with Crippen LogP contribution >= 0.6 is 0 Å². The highest BCUT2D eigenvalue weighted by Gasteiger charge is 2.15. The molecule has 156 valence electrons. The van der Waals surface area contributed by atoms with Gasteiger partial charge in [0.25, 0.3) is 10.0 Å². The molecule has 0 spiro atoms. The lowest BCUT2D eigenvalue weighted by Crippen LogP contribution is -2.46. The van der Waals surface area contributed by atoms with Crippen LogP contribution in [0.1, 0.15) is 26.3 Å². The first-order chi connectivity index (χ1) is 13.4. The third-order valence-corrected chi connectivity index (χ3v) is 5.05. The van der Waals surface area contributed by atoms with Crippen molar-refractivity contribution < 1.29 is 22.4 Å². The predicted octanol–water partition coefficient (Wildman–Crippen LogP) is 2.20. The van der Waals surface area contributed by atoms with Crippen LogP contribution < -0.4 is 15.4 Å². The Morgan fingerprint density at radius 3 is 2.07 bits per heavy atom. The Kier molecular flexibility index (Phi) is 6.97. The summed E-state index contributed by atoms with van der Waals surface area (Å²) >= 11 is 0. The van der Waals surface area contributed by atoms with E-state index in [1.54, 1.807) is 12.1 Å². The van der Waals surface area contributed by atoms with Gasteiger partial charge in [0.05, 0.1) is 17.9 Å². The van der Waals surface area contributed by atoms with Crippen molar-refractivity contribution in [1.29, 1.82) is 0 Å². The first kappa shape index (κ1) is 22.4. The van der Waals surface area contributed by atoms with Gasteiger partial charge in [-0.3, -0.25) is 14.3 Å². The van der Waals surface area contributed by atoms with Crippen LogP contribution in [0.4, 0.5) is 10.1 Å². The zero-order chi connectivity index (χ0) is 21.7. The number of sulfonamides is 1. The highest BCUT2D eigenvalue weighted by molar-refractivity contribution is 7.92. The molecule has 0 heterocycles. The van der Waals surface area contributed by atoms with E-state index in [2.05, 4.69) is 15.4 Å². The van der Waals surface area contributed by atoms with Gasteiger partial charge >= 0.3 is 0 Å². The molecule has 0 fully saturated rings. The number of benzene rings is 2. The second-order valence-electron chi connectivity index (χ2n) is 7.51. The molecule has 0 aliphatic heterocycles. The van der Waals surface area contributed by atoms with Crippen molar-refractivity contribution >= 4 is 27.5 Å². The molecular weight excluding hydrogens is 397 g/mol. The fraction of sp³-hybridized carbons (Fsp3) is 0.300. The SMILES string of the molecule is CC(C)(C)NC(=O)CNC(=O)Cc1ccc(NS(=O)(=O)c2ccc(F)cc2)cc1. The Bertz CT molecular complexity index is 966. The molecule has 0 aliphatic rings. The predicted molar refractivity (Wildman–Crippen MR) is 108 cm³/mol. The summed E-state index contributed by atoms with van der Waals surface area (Å²) in [4.78, 5) is 23.6. The van der Waals surface area contributed by atoms with Crippen molar-refractivity contribution in [3.05, 3.63) is 59.9 Å². The number of carbonyl (C=O) groups is 2. The van der Waals surface area contributed by atoms with Crippen molar-refractivity contribution in [2.45, 2.75) is 37.6 Å². The van der Waals surface area contributed by atoms with Crippen LogP contribution in [0, 0.1) is 5.82 Å². The zero-order valence-electron chi connectivity index (χ0n) is 16.5. The summed E-state index contributed by atoms with van der Waals surface area (Å²) in [5.41, 5.74) is 0.588. The standard InChI is InChI=1S/C20H24FN3O4S/c1-20(2,3)23-19(26)13-22-18(25)12-14-4-8-16(9-5-14)24-29(27,28)17-10-6-15(21)7-11-17/h4-11,24H,12-13H2,1-3H3,(H,22,25)(H,23,26). The van der Waals surface area contributed by atoms with Crippen molar-refractivity contribution in [2.24, 2.45) is 0 Å². The normalized spacial score (nSPS) is 11.6. The summed E-state index contributed by atoms with van der Waals surface area (Å²) in [6.45, 7) is 5.42. The Labute approximate surface area is 169 Å². The number of carbonyl (C=O) groups excluding carboxylic acids is 2. The van der Waals surface area contributed by atoms with Crippen LogP contribution in [0.3, 0.4) is 0 Å². The van der Waals surface area contributed by atoms with E-state index in [0.29, 0.717) is 11.3 Å². The quantitative estimate of drug-likeness (QED) is 0.637. The summed E-state index contributed by atoms with van der Waals surface area (Å²) in [6.07, 6.45) is 0.0494. The van der Waals surface area contributed by atoms with Gasteiger partial charge in [-0.15, -0.1) is 0 Å². The first-order valence-corrected chi connectivity index (χ1v) is 10.4. The minimum absolute atomic E-state index is 0.0494. The molecule has 0 saturated heterocycles. The van der Waals surface area contributed by atoms with Gasteiger partial charge in [-0.25, -0.2) is 12.8 Å². The minimum Gasteiger partial charge on any atom is -0.350 e. The highest BCUT2D eigenvalue weighted by atomic mass is 32.2. The molecular formula is C20H24FN3O4S. The van der Waals surface area contributed by atoms with E-state index in [4.69, 9.17) is 0 Å². The van der Waals surface area contributed by atoms with Crippen LogP contribution in [0.5, 0.6) is 0 Å². The Morgan fingerprint density at radius 2 is 1.52 bits per heavy atom. The maximum absolute atomic E-state index is 13.0. The molecule has 0 radical (unpaired) electrons. The molecule has 0 saturated carbocycles. The third-order valence-electron chi connectivity index (χ3n) is 3.66. The average molecular weight is 421 g/mol. The number of halogens is 1. The number of nitrogens with one attached hydrogen (secondary N) is 3. The van der Waals surface area contributed by atoms with Crippen molar-refractivity contribution in [1.82, 2.24) is 10.6 Å². The molecule has 0 unspecified atom stereocenters. The lowest BCUT2D eigenvalue weighted by atomic mass is 10.1. The number of amides is 2. The van der Waals surface area contributed by atoms with Gasteiger partial charge in [0, 0.05) is 11.2 Å². The molecule has 3 N–H and O–H groups in total. The van der Waals surface area contributed by atoms with E-state index in [1.807, 2.05) is 20.8 Å². The van der Waals surface area contributed by atoms with E-state index >= 15 is 0 Å². The molecule has 2 aromatic rings. The summed E-state index contributed by atoms with van der Waals surface area (Å²) in [5.74, 6) is -1.13. The lowest BCUT2D eigenvalue weighted by molar-refractivity contribution is -0.126. The van der Waals surface area contributed by atoms with Crippen LogP contribution in [-0.2, 0) is 26.0 Å². The van der Waals surface area contributed by atoms with Crippen LogP contribution in [0.25, 0.3) is 0 Å². The number of hydrogen-bond acceptors (Lipinski definition) is 4. The average Bonchev–Trinajstić information content (AvgIpc) is 2.60. The lowest BCUT2D eigenvalue weighted by Gasteiger charge is -2.20. The molecule has 0 atom stereocenters. The number of hydrogen-bond donors (Lipinski definition) is 3. The van der Waals surface area contributed by atoms with Crippen LogP contribution in [-0.4, -0.2) is 32.3 Å². The van der Waals surface area contributed by atoms with Crippen molar-refractivity contribution in [3.63, 3.8) is 0 Å². The van der Waals surface area contributed by atoms with Crippen molar-refractivity contribution in [3.8, 4) is 0 Å². The number of anilines is 1. The monoisotopic (exact) mass is 421 g/mol. The van der Waals surface area contributed by atoms with Gasteiger partial charge in [0.1, 0.15) is 5.82 Å². The molecule has 2 amide bonds. The first-order valence-electron chi connectivity index (χ1n) is 8.90. The number of rotatable bonds is 7. The molecule has 2 rings (SSSR count). The zero-order valence-corrected chi connectivity index (χ0v) is 17.3. The van der Waals surface area contributed by atoms with Gasteiger partial charge < -0.3 is 10.6 Å². The molecule has 0 aromatic heterocycles. The second kappa shape index (κ2) is 9.04. The summed E-state index contributed by atoms with van der Waals surface area (Å²) in [5, 5.41) is 5.28. The summed E-state index contributed by atoms with van der Waals surface area (Å²) < 4.78 is 39.9. The maximum atomic E-state index is 13.0. The molecule has 9 heteroatoms. The van der Waals surface area contributed by atoms with E-state index in [-0.39, 0.29) is 35.2 Å². The molecule has 2 aromatic carbocycles. The van der Waals surface area contributed by atoms with Crippen LogP contribution in [0.15, 0.2) is 53.4 Å². The van der Waals surface area contributed by atoms with E-state index in [0.717, 1.165) is 12.1 Å². The molecule has 0 aliphatic carbocycles. The third kappa shape index (κ3) is 7.53. The minimum atomic E-state index is -3.84. The smallest absolute Gasteiger partial charge is 0.261 e. The largest absolute Gasteiger partial charge is 0.350 e. The highest BCUT2D eigenvalue weighted by Crippen LogP contribution is 2.17. The fourth-order valence-corrected chi connectivity index (χ4v) is 3.47. The van der Waals surface area contributed by atoms with Gasteiger partial charge in [0.2, 0.25) is 11.8 Å². The fourth-order valence-electron chi connectivity index (χ4n) is 2.41. The van der Waals surface area contributed by atoms with E-state index in [1.165, 1.54) is 24.3 Å². The summed E-state index contributed by atoms with van der Waals surface area (Å²) in [7, 11) is -3.84. The summed E-state index contributed by atoms with van der Waals surface area (Å²) in [6, 6.07) is 10.7. The van der Waals surface area contributed by atoms with E-state index < -0.39 is 15.8 Å². The topological polar surface area (TPSA) is 104 Å². The van der Waals surface area contributed by atoms with Gasteiger partial charge in [-0.1, -0.05) is 12.1 Å². The molecule has 7 nitrogen and oxygen atoms in total. The van der Waals surface area contributed by atoms with Crippen LogP contribution in [0.2, 0.25) is 0 Å². The Morgan fingerprint density at radius 1 is 0.931 bits per heavy atom. The van der Waals surface area contributed by atoms with E-state index in [9.17, 15) is 22.4 Å². The Balaban J connectivity index is 1.90. The second-order valence-corrected chi connectivity index (χ2v) is 9.19.